The average molecular weight is 282 g/mol. The molecule has 0 atom stereocenters. The fourth-order valence-electron chi connectivity index (χ4n) is 1.58. The van der Waals surface area contributed by atoms with Crippen molar-refractivity contribution in [3.63, 3.8) is 0 Å². The van der Waals surface area contributed by atoms with Crippen molar-refractivity contribution in [2.45, 2.75) is 18.4 Å². The number of pyridine rings is 1. The van der Waals surface area contributed by atoms with E-state index in [4.69, 9.17) is 0 Å². The third kappa shape index (κ3) is 2.74. The van der Waals surface area contributed by atoms with Gasteiger partial charge in [-0.3, -0.25) is 9.48 Å². The van der Waals surface area contributed by atoms with Gasteiger partial charge in [-0.2, -0.15) is 5.10 Å². The maximum Gasteiger partial charge on any atom is 0.246 e. The molecule has 2 rings (SSSR count). The molecule has 0 aliphatic carbocycles. The Bertz CT molecular complexity index is 745. The molecule has 0 bridgehead atoms. The van der Waals surface area contributed by atoms with E-state index < -0.39 is 15.5 Å². The Morgan fingerprint density at radius 3 is 2.79 bits per heavy atom. The monoisotopic (exact) mass is 282 g/mol. The maximum absolute atomic E-state index is 12.0. The first kappa shape index (κ1) is 13.5. The van der Waals surface area contributed by atoms with Gasteiger partial charge in [0.25, 0.3) is 0 Å². The minimum absolute atomic E-state index is 0.0936. The standard InChI is InChI=1S/C11H14N4O3S/c1-8-9(5-13-15(8)2)6-14-19(17,18)11-7-12-4-3-10(11)16/h3-5,7,14H,6H2,1-2H3,(H,12,16). The maximum atomic E-state index is 12.0. The lowest BCUT2D eigenvalue weighted by Gasteiger charge is -2.05. The average Bonchev–Trinajstić information content (AvgIpc) is 2.68. The molecule has 0 aromatic carbocycles. The van der Waals surface area contributed by atoms with Gasteiger partial charge < -0.3 is 4.98 Å². The molecule has 0 unspecified atom stereocenters. The Labute approximate surface area is 110 Å². The van der Waals surface area contributed by atoms with Gasteiger partial charge in [0.05, 0.1) is 6.20 Å². The molecule has 0 saturated heterocycles. The second-order valence-corrected chi connectivity index (χ2v) is 5.81. The van der Waals surface area contributed by atoms with E-state index in [-0.39, 0.29) is 11.4 Å². The summed E-state index contributed by atoms with van der Waals surface area (Å²) in [5.41, 5.74) is 1.08. The zero-order chi connectivity index (χ0) is 14.0. The van der Waals surface area contributed by atoms with E-state index in [9.17, 15) is 13.2 Å². The van der Waals surface area contributed by atoms with Crippen LogP contribution in [0.5, 0.6) is 0 Å². The van der Waals surface area contributed by atoms with Crippen LogP contribution in [-0.4, -0.2) is 23.2 Å². The lowest BCUT2D eigenvalue weighted by molar-refractivity contribution is 0.580. The molecular weight excluding hydrogens is 268 g/mol. The van der Waals surface area contributed by atoms with Crippen molar-refractivity contribution in [3.8, 4) is 0 Å². The van der Waals surface area contributed by atoms with Crippen LogP contribution in [-0.2, 0) is 23.6 Å². The summed E-state index contributed by atoms with van der Waals surface area (Å²) in [6.45, 7) is 1.93. The number of nitrogens with one attached hydrogen (secondary N) is 2. The molecule has 0 amide bonds. The second-order valence-electron chi connectivity index (χ2n) is 4.08. The van der Waals surface area contributed by atoms with Gasteiger partial charge in [0.1, 0.15) is 4.90 Å². The minimum atomic E-state index is -3.83. The molecule has 0 aliphatic heterocycles. The van der Waals surface area contributed by atoms with Gasteiger partial charge in [0, 0.05) is 43.3 Å². The fraction of sp³-hybridized carbons (Fsp3) is 0.273. The summed E-state index contributed by atoms with van der Waals surface area (Å²) in [6.07, 6.45) is 4.14. The highest BCUT2D eigenvalue weighted by Crippen LogP contribution is 2.07. The van der Waals surface area contributed by atoms with Crippen LogP contribution in [0.25, 0.3) is 0 Å². The third-order valence-electron chi connectivity index (χ3n) is 2.87. The molecule has 8 heteroatoms. The summed E-state index contributed by atoms with van der Waals surface area (Å²) in [6, 6.07) is 1.17. The number of aromatic nitrogens is 3. The van der Waals surface area contributed by atoms with Crippen molar-refractivity contribution in [2.75, 3.05) is 0 Å². The Kier molecular flexibility index (Phi) is 3.54. The molecule has 0 spiro atoms. The van der Waals surface area contributed by atoms with Crippen molar-refractivity contribution in [1.82, 2.24) is 19.5 Å². The van der Waals surface area contributed by atoms with E-state index >= 15 is 0 Å². The number of hydrogen-bond acceptors (Lipinski definition) is 4. The largest absolute Gasteiger partial charge is 0.366 e. The lowest BCUT2D eigenvalue weighted by atomic mass is 10.3. The molecule has 0 saturated carbocycles. The first-order valence-corrected chi connectivity index (χ1v) is 7.04. The van der Waals surface area contributed by atoms with Crippen molar-refractivity contribution in [3.05, 3.63) is 46.1 Å². The molecule has 102 valence electrons. The minimum Gasteiger partial charge on any atom is -0.366 e. The van der Waals surface area contributed by atoms with Crippen LogP contribution in [0.15, 0.2) is 34.3 Å². The van der Waals surface area contributed by atoms with Gasteiger partial charge in [-0.25, -0.2) is 13.1 Å². The smallest absolute Gasteiger partial charge is 0.246 e. The quantitative estimate of drug-likeness (QED) is 0.818. The fourth-order valence-corrected chi connectivity index (χ4v) is 2.64. The van der Waals surface area contributed by atoms with Crippen LogP contribution in [0.4, 0.5) is 0 Å². The Morgan fingerprint density at radius 1 is 1.47 bits per heavy atom. The molecule has 2 aromatic heterocycles. The number of sulfonamides is 1. The zero-order valence-corrected chi connectivity index (χ0v) is 11.4. The predicted octanol–water partition coefficient (Wildman–Crippen LogP) is -0.105. The van der Waals surface area contributed by atoms with Gasteiger partial charge in [-0.05, 0) is 6.92 Å². The number of nitrogens with zero attached hydrogens (tertiary/aromatic N) is 2. The second kappa shape index (κ2) is 4.98. The summed E-state index contributed by atoms with van der Waals surface area (Å²) < 4.78 is 28.0. The zero-order valence-electron chi connectivity index (χ0n) is 10.5. The topological polar surface area (TPSA) is 96.8 Å². The van der Waals surface area contributed by atoms with E-state index in [1.165, 1.54) is 18.5 Å². The van der Waals surface area contributed by atoms with E-state index in [0.717, 1.165) is 11.3 Å². The number of aromatic amines is 1. The van der Waals surface area contributed by atoms with Crippen LogP contribution in [0.3, 0.4) is 0 Å². The summed E-state index contributed by atoms with van der Waals surface area (Å²) in [5.74, 6) is 0. The Hall–Kier alpha value is -1.93. The van der Waals surface area contributed by atoms with Crippen LogP contribution < -0.4 is 10.2 Å². The number of H-pyrrole nitrogens is 1. The molecule has 2 N–H and O–H groups in total. The van der Waals surface area contributed by atoms with E-state index in [1.807, 2.05) is 6.92 Å². The number of rotatable bonds is 4. The van der Waals surface area contributed by atoms with Crippen molar-refractivity contribution in [2.24, 2.45) is 7.05 Å². The van der Waals surface area contributed by atoms with Crippen LogP contribution >= 0.6 is 0 Å². The predicted molar refractivity (Wildman–Crippen MR) is 69.0 cm³/mol. The number of aryl methyl sites for hydroxylation is 1. The SMILES string of the molecule is Cc1c(CNS(=O)(=O)c2c[nH]ccc2=O)cnn1C. The van der Waals surface area contributed by atoms with Crippen molar-refractivity contribution < 1.29 is 8.42 Å². The summed E-state index contributed by atoms with van der Waals surface area (Å²) in [5, 5.41) is 4.02. The highest BCUT2D eigenvalue weighted by molar-refractivity contribution is 7.89. The summed E-state index contributed by atoms with van der Waals surface area (Å²) >= 11 is 0. The van der Waals surface area contributed by atoms with Crippen LogP contribution in [0, 0.1) is 6.92 Å². The Morgan fingerprint density at radius 2 is 2.21 bits per heavy atom. The normalized spacial score (nSPS) is 11.7. The van der Waals surface area contributed by atoms with Gasteiger partial charge in [0.15, 0.2) is 0 Å². The molecule has 19 heavy (non-hydrogen) atoms. The molecule has 0 aliphatic rings. The highest BCUT2D eigenvalue weighted by atomic mass is 32.2. The number of hydrogen-bond donors (Lipinski definition) is 2. The first-order valence-electron chi connectivity index (χ1n) is 5.56. The molecule has 2 aromatic rings. The van der Waals surface area contributed by atoms with Gasteiger partial charge in [-0.1, -0.05) is 0 Å². The summed E-state index contributed by atoms with van der Waals surface area (Å²) in [7, 11) is -2.05. The first-order chi connectivity index (χ1) is 8.92. The van der Waals surface area contributed by atoms with Gasteiger partial charge in [0.2, 0.25) is 15.5 Å². The molecule has 7 nitrogen and oxygen atoms in total. The van der Waals surface area contributed by atoms with Crippen LogP contribution in [0.2, 0.25) is 0 Å². The molecule has 0 fully saturated rings. The van der Waals surface area contributed by atoms with Crippen molar-refractivity contribution >= 4 is 10.0 Å². The van der Waals surface area contributed by atoms with Crippen molar-refractivity contribution in [1.29, 1.82) is 0 Å². The van der Waals surface area contributed by atoms with E-state index in [1.54, 1.807) is 17.9 Å². The van der Waals surface area contributed by atoms with Gasteiger partial charge >= 0.3 is 0 Å². The third-order valence-corrected chi connectivity index (χ3v) is 4.29. The molecular formula is C11H14N4O3S. The van der Waals surface area contributed by atoms with Crippen LogP contribution in [0.1, 0.15) is 11.3 Å². The molecule has 0 radical (unpaired) electrons. The molecule has 2 heterocycles. The summed E-state index contributed by atoms with van der Waals surface area (Å²) in [4.78, 5) is 13.8. The Balaban J connectivity index is 2.22. The highest BCUT2D eigenvalue weighted by Gasteiger charge is 2.18. The van der Waals surface area contributed by atoms with E-state index in [2.05, 4.69) is 14.8 Å². The van der Waals surface area contributed by atoms with Gasteiger partial charge in [-0.15, -0.1) is 0 Å². The lowest BCUT2D eigenvalue weighted by Crippen LogP contribution is -2.28. The van der Waals surface area contributed by atoms with E-state index in [0.29, 0.717) is 0 Å².